The Labute approximate surface area is 130 Å². The molecule has 1 N–H and O–H groups in total. The third kappa shape index (κ3) is 4.70. The second kappa shape index (κ2) is 8.99. The first-order valence-electron chi connectivity index (χ1n) is 7.30. The van der Waals surface area contributed by atoms with E-state index in [1.807, 2.05) is 0 Å². The molecule has 1 aliphatic rings. The Balaban J connectivity index is 0.000000745. The number of hydrogen-bond donors (Lipinski definition) is 1. The van der Waals surface area contributed by atoms with Crippen molar-refractivity contribution in [2.75, 3.05) is 32.7 Å². The van der Waals surface area contributed by atoms with Gasteiger partial charge in [-0.2, -0.15) is 0 Å². The highest BCUT2D eigenvalue weighted by atomic mass is 16.3. The maximum Gasteiger partial charge on any atom is 0.296 e. The van der Waals surface area contributed by atoms with Gasteiger partial charge in [-0.05, 0) is 31.6 Å². The van der Waals surface area contributed by atoms with Gasteiger partial charge in [-0.15, -0.1) is 0 Å². The van der Waals surface area contributed by atoms with E-state index in [1.165, 1.54) is 0 Å². The first kappa shape index (κ1) is 17.9. The number of nitrogens with zero attached hydrogens (tertiary/aromatic N) is 3. The SMILES string of the molecule is CCN1CCCN(C(=O)C(=O)c2cccn2C)CC1.O=CO. The average molecular weight is 309 g/mol. The summed E-state index contributed by atoms with van der Waals surface area (Å²) in [5, 5.41) is 6.89. The van der Waals surface area contributed by atoms with Crippen molar-refractivity contribution in [1.29, 1.82) is 0 Å². The van der Waals surface area contributed by atoms with E-state index in [4.69, 9.17) is 9.90 Å². The molecule has 122 valence electrons. The van der Waals surface area contributed by atoms with Crippen LogP contribution in [-0.4, -0.2) is 70.4 Å². The minimum atomic E-state index is -0.405. The lowest BCUT2D eigenvalue weighted by atomic mass is 10.2. The zero-order chi connectivity index (χ0) is 16.5. The van der Waals surface area contributed by atoms with Gasteiger partial charge in [0.2, 0.25) is 0 Å². The van der Waals surface area contributed by atoms with Crippen molar-refractivity contribution in [2.24, 2.45) is 7.05 Å². The third-order valence-corrected chi connectivity index (χ3v) is 3.69. The normalized spacial score (nSPS) is 15.5. The number of carbonyl (C=O) groups is 3. The topological polar surface area (TPSA) is 82.9 Å². The van der Waals surface area contributed by atoms with Crippen LogP contribution in [0.1, 0.15) is 23.8 Å². The van der Waals surface area contributed by atoms with Crippen LogP contribution in [0.15, 0.2) is 18.3 Å². The zero-order valence-electron chi connectivity index (χ0n) is 13.1. The summed E-state index contributed by atoms with van der Waals surface area (Å²) in [6, 6.07) is 3.47. The minimum Gasteiger partial charge on any atom is -0.483 e. The predicted octanol–water partition coefficient (Wildman–Crippen LogP) is 0.463. The maximum atomic E-state index is 12.2. The zero-order valence-corrected chi connectivity index (χ0v) is 13.1. The van der Waals surface area contributed by atoms with Gasteiger partial charge in [0.1, 0.15) is 0 Å². The van der Waals surface area contributed by atoms with E-state index in [0.29, 0.717) is 18.8 Å². The molecule has 0 atom stereocenters. The van der Waals surface area contributed by atoms with Crippen LogP contribution in [0.25, 0.3) is 0 Å². The van der Waals surface area contributed by atoms with Gasteiger partial charge in [-0.25, -0.2) is 0 Å². The lowest BCUT2D eigenvalue weighted by molar-refractivity contribution is -0.126. The van der Waals surface area contributed by atoms with Crippen LogP contribution in [0.5, 0.6) is 0 Å². The Morgan fingerprint density at radius 3 is 2.50 bits per heavy atom. The number of rotatable bonds is 3. The van der Waals surface area contributed by atoms with Gasteiger partial charge in [0.15, 0.2) is 0 Å². The molecule has 2 rings (SSSR count). The summed E-state index contributed by atoms with van der Waals surface area (Å²) in [7, 11) is 1.78. The van der Waals surface area contributed by atoms with E-state index in [0.717, 1.165) is 26.1 Å². The van der Waals surface area contributed by atoms with Crippen LogP contribution in [0.2, 0.25) is 0 Å². The van der Waals surface area contributed by atoms with Gasteiger partial charge in [0.25, 0.3) is 18.2 Å². The molecule has 0 radical (unpaired) electrons. The highest BCUT2D eigenvalue weighted by Crippen LogP contribution is 2.08. The first-order chi connectivity index (χ1) is 10.5. The molecule has 22 heavy (non-hydrogen) atoms. The van der Waals surface area contributed by atoms with E-state index < -0.39 is 5.78 Å². The van der Waals surface area contributed by atoms with Crippen molar-refractivity contribution in [3.8, 4) is 0 Å². The van der Waals surface area contributed by atoms with Gasteiger partial charge in [0.05, 0.1) is 5.69 Å². The molecule has 2 heterocycles. The number of carboxylic acid groups (broad SMARTS) is 1. The Morgan fingerprint density at radius 1 is 1.27 bits per heavy atom. The summed E-state index contributed by atoms with van der Waals surface area (Å²) >= 11 is 0. The molecule has 0 unspecified atom stereocenters. The van der Waals surface area contributed by atoms with Crippen molar-refractivity contribution < 1.29 is 19.5 Å². The summed E-state index contributed by atoms with van der Waals surface area (Å²) in [6.45, 7) is 6.02. The Hall–Kier alpha value is -2.15. The molecule has 0 saturated carbocycles. The van der Waals surface area contributed by atoms with Crippen molar-refractivity contribution >= 4 is 18.2 Å². The average Bonchev–Trinajstić information content (AvgIpc) is 2.79. The molecule has 1 saturated heterocycles. The number of amides is 1. The highest BCUT2D eigenvalue weighted by molar-refractivity contribution is 6.42. The van der Waals surface area contributed by atoms with E-state index in [1.54, 1.807) is 34.8 Å². The van der Waals surface area contributed by atoms with Gasteiger partial charge in [0, 0.05) is 32.9 Å². The smallest absolute Gasteiger partial charge is 0.296 e. The highest BCUT2D eigenvalue weighted by Gasteiger charge is 2.26. The molecule has 0 spiro atoms. The molecule has 0 aliphatic carbocycles. The quantitative estimate of drug-likeness (QED) is 0.498. The van der Waals surface area contributed by atoms with Crippen LogP contribution >= 0.6 is 0 Å². The largest absolute Gasteiger partial charge is 0.483 e. The predicted molar refractivity (Wildman–Crippen MR) is 81.7 cm³/mol. The minimum absolute atomic E-state index is 0.250. The molecule has 1 amide bonds. The second-order valence-corrected chi connectivity index (χ2v) is 5.02. The summed E-state index contributed by atoms with van der Waals surface area (Å²) < 4.78 is 1.69. The molecule has 7 heteroatoms. The van der Waals surface area contributed by atoms with Crippen LogP contribution in [0, 0.1) is 0 Å². The third-order valence-electron chi connectivity index (χ3n) is 3.69. The van der Waals surface area contributed by atoms with Gasteiger partial charge in [-0.3, -0.25) is 14.4 Å². The van der Waals surface area contributed by atoms with Crippen molar-refractivity contribution in [1.82, 2.24) is 14.4 Å². The standard InChI is InChI=1S/C14H21N3O2.CH2O2/c1-3-16-8-5-9-17(11-10-16)14(19)13(18)12-6-4-7-15(12)2;2-1-3/h4,6-7H,3,5,8-11H2,1-2H3;1H,(H,2,3). The molecule has 1 aromatic rings. The monoisotopic (exact) mass is 309 g/mol. The summed E-state index contributed by atoms with van der Waals surface area (Å²) in [5.74, 6) is -0.780. The number of aromatic nitrogens is 1. The second-order valence-electron chi connectivity index (χ2n) is 5.02. The molecule has 7 nitrogen and oxygen atoms in total. The van der Waals surface area contributed by atoms with Crippen LogP contribution in [0.4, 0.5) is 0 Å². The van der Waals surface area contributed by atoms with Crippen LogP contribution in [0.3, 0.4) is 0 Å². The lowest BCUT2D eigenvalue weighted by Crippen LogP contribution is -2.39. The molecule has 0 bridgehead atoms. The van der Waals surface area contributed by atoms with E-state index in [9.17, 15) is 9.59 Å². The number of Topliss-reactive ketones (excluding diaryl/α,β-unsaturated/α-hetero) is 1. The number of hydrogen-bond acceptors (Lipinski definition) is 4. The van der Waals surface area contributed by atoms with Gasteiger partial charge >= 0.3 is 0 Å². The fourth-order valence-electron chi connectivity index (χ4n) is 2.44. The molecule has 1 fully saturated rings. The molecule has 0 aromatic carbocycles. The summed E-state index contributed by atoms with van der Waals surface area (Å²) in [6.07, 6.45) is 2.71. The molecule has 1 aliphatic heterocycles. The van der Waals surface area contributed by atoms with Crippen LogP contribution < -0.4 is 0 Å². The Morgan fingerprint density at radius 2 is 1.95 bits per heavy atom. The Kier molecular flexibility index (Phi) is 7.31. The number of ketones is 1. The summed E-state index contributed by atoms with van der Waals surface area (Å²) in [4.78, 5) is 36.8. The Bertz CT molecular complexity index is 513. The first-order valence-corrected chi connectivity index (χ1v) is 7.30. The fraction of sp³-hybridized carbons (Fsp3) is 0.533. The molecule has 1 aromatic heterocycles. The van der Waals surface area contributed by atoms with Crippen molar-refractivity contribution in [3.05, 3.63) is 24.0 Å². The number of carbonyl (C=O) groups excluding carboxylic acids is 2. The van der Waals surface area contributed by atoms with Crippen molar-refractivity contribution in [3.63, 3.8) is 0 Å². The van der Waals surface area contributed by atoms with Crippen molar-refractivity contribution in [2.45, 2.75) is 13.3 Å². The fourth-order valence-corrected chi connectivity index (χ4v) is 2.44. The van der Waals surface area contributed by atoms with Gasteiger partial charge < -0.3 is 19.5 Å². The molecular formula is C15H23N3O4. The van der Waals surface area contributed by atoms with Gasteiger partial charge in [-0.1, -0.05) is 6.92 Å². The van der Waals surface area contributed by atoms with E-state index in [2.05, 4.69) is 11.8 Å². The van der Waals surface area contributed by atoms with E-state index >= 15 is 0 Å². The lowest BCUT2D eigenvalue weighted by Gasteiger charge is -2.20. The molecular weight excluding hydrogens is 286 g/mol. The van der Waals surface area contributed by atoms with Crippen LogP contribution in [-0.2, 0) is 16.6 Å². The summed E-state index contributed by atoms with van der Waals surface area (Å²) in [5.41, 5.74) is 0.460. The maximum absolute atomic E-state index is 12.2. The van der Waals surface area contributed by atoms with E-state index in [-0.39, 0.29) is 12.4 Å². The number of aryl methyl sites for hydroxylation is 1. The number of likely N-dealkylation sites (N-methyl/N-ethyl adjacent to an activating group) is 1.